The number of methoxy groups -OCH3 is 1. The van der Waals surface area contributed by atoms with Gasteiger partial charge in [-0.05, 0) is 26.0 Å². The Bertz CT molecular complexity index is 715. The van der Waals surface area contributed by atoms with Crippen LogP contribution in [0.2, 0.25) is 0 Å². The zero-order valence-corrected chi connectivity index (χ0v) is 13.9. The predicted molar refractivity (Wildman–Crippen MR) is 84.9 cm³/mol. The van der Waals surface area contributed by atoms with Crippen molar-refractivity contribution in [3.63, 3.8) is 0 Å². The summed E-state index contributed by atoms with van der Waals surface area (Å²) in [7, 11) is 1.28. The number of amides is 1. The van der Waals surface area contributed by atoms with Gasteiger partial charge in [-0.3, -0.25) is 4.79 Å². The molecule has 5 nitrogen and oxygen atoms in total. The molecule has 0 N–H and O–H groups in total. The standard InChI is InChI=1S/C16H17FN2O3S/c1-10(2)19(15(20)11-6-4-5-7-12(11)17)8-14-18-13(9-23-14)16(21)22-3/h4-7,9-10H,8H2,1-3H3. The van der Waals surface area contributed by atoms with Crippen molar-refractivity contribution >= 4 is 23.2 Å². The molecule has 0 spiro atoms. The second kappa shape index (κ2) is 7.32. The van der Waals surface area contributed by atoms with Gasteiger partial charge in [0.1, 0.15) is 10.8 Å². The van der Waals surface area contributed by atoms with Crippen molar-refractivity contribution in [2.24, 2.45) is 0 Å². The lowest BCUT2D eigenvalue weighted by Crippen LogP contribution is -2.36. The lowest BCUT2D eigenvalue weighted by atomic mass is 10.1. The molecule has 0 radical (unpaired) electrons. The monoisotopic (exact) mass is 336 g/mol. The molecule has 1 aromatic carbocycles. The predicted octanol–water partition coefficient (Wildman–Crippen LogP) is 3.12. The number of nitrogens with zero attached hydrogens (tertiary/aromatic N) is 2. The molecule has 23 heavy (non-hydrogen) atoms. The van der Waals surface area contributed by atoms with Crippen LogP contribution in [0.5, 0.6) is 0 Å². The van der Waals surface area contributed by atoms with Crippen molar-refractivity contribution in [2.45, 2.75) is 26.4 Å². The first-order valence-electron chi connectivity index (χ1n) is 7.02. The molecule has 0 aliphatic heterocycles. The highest BCUT2D eigenvalue weighted by molar-refractivity contribution is 7.09. The van der Waals surface area contributed by atoms with Gasteiger partial charge in [0.05, 0.1) is 19.2 Å². The number of rotatable bonds is 5. The van der Waals surface area contributed by atoms with E-state index in [0.29, 0.717) is 5.01 Å². The molecule has 1 heterocycles. The summed E-state index contributed by atoms with van der Waals surface area (Å²) in [6.07, 6.45) is 0. The molecule has 2 aromatic rings. The van der Waals surface area contributed by atoms with Gasteiger partial charge in [0, 0.05) is 11.4 Å². The second-order valence-corrected chi connectivity index (χ2v) is 6.07. The average molecular weight is 336 g/mol. The summed E-state index contributed by atoms with van der Waals surface area (Å²) in [5.74, 6) is -1.49. The van der Waals surface area contributed by atoms with Gasteiger partial charge in [0.25, 0.3) is 5.91 Å². The molecule has 7 heteroatoms. The number of benzene rings is 1. The van der Waals surface area contributed by atoms with Crippen LogP contribution < -0.4 is 0 Å². The quantitative estimate of drug-likeness (QED) is 0.787. The molecule has 0 unspecified atom stereocenters. The maximum absolute atomic E-state index is 13.8. The molecule has 0 bridgehead atoms. The number of thiazole rings is 1. The van der Waals surface area contributed by atoms with E-state index in [-0.39, 0.29) is 23.8 Å². The zero-order chi connectivity index (χ0) is 17.0. The zero-order valence-electron chi connectivity index (χ0n) is 13.1. The van der Waals surface area contributed by atoms with Gasteiger partial charge < -0.3 is 9.64 Å². The minimum Gasteiger partial charge on any atom is -0.464 e. The third kappa shape index (κ3) is 3.92. The summed E-state index contributed by atoms with van der Waals surface area (Å²) in [5.41, 5.74) is 0.223. The highest BCUT2D eigenvalue weighted by Gasteiger charge is 2.23. The van der Waals surface area contributed by atoms with Crippen LogP contribution in [0.3, 0.4) is 0 Å². The summed E-state index contributed by atoms with van der Waals surface area (Å²) in [6, 6.07) is 5.72. The minimum atomic E-state index is -0.558. The first kappa shape index (κ1) is 17.1. The fraction of sp³-hybridized carbons (Fsp3) is 0.312. The number of halogens is 1. The van der Waals surface area contributed by atoms with E-state index in [1.807, 2.05) is 13.8 Å². The number of hydrogen-bond acceptors (Lipinski definition) is 5. The van der Waals surface area contributed by atoms with Crippen LogP contribution in [0.25, 0.3) is 0 Å². The summed E-state index contributed by atoms with van der Waals surface area (Å²) in [5, 5.41) is 2.16. The Labute approximate surface area is 137 Å². The van der Waals surface area contributed by atoms with E-state index in [1.165, 1.54) is 41.5 Å². The maximum Gasteiger partial charge on any atom is 0.357 e. The Hall–Kier alpha value is -2.28. The molecule has 0 fully saturated rings. The van der Waals surface area contributed by atoms with Crippen LogP contribution in [0, 0.1) is 5.82 Å². The Morgan fingerprint density at radius 2 is 2.04 bits per heavy atom. The lowest BCUT2D eigenvalue weighted by Gasteiger charge is -2.26. The maximum atomic E-state index is 13.8. The fourth-order valence-corrected chi connectivity index (χ4v) is 2.77. The number of carbonyl (C=O) groups is 2. The molecule has 0 atom stereocenters. The Kier molecular flexibility index (Phi) is 5.44. The fourth-order valence-electron chi connectivity index (χ4n) is 2.01. The second-order valence-electron chi connectivity index (χ2n) is 5.12. The average Bonchev–Trinajstić information content (AvgIpc) is 3.00. The Balaban J connectivity index is 2.22. The summed E-state index contributed by atoms with van der Waals surface area (Å²) >= 11 is 1.26. The number of carbonyl (C=O) groups excluding carboxylic acids is 2. The number of hydrogen-bond donors (Lipinski definition) is 0. The van der Waals surface area contributed by atoms with Crippen molar-refractivity contribution in [1.29, 1.82) is 0 Å². The van der Waals surface area contributed by atoms with Crippen LogP contribution in [-0.2, 0) is 11.3 Å². The molecule has 0 aliphatic carbocycles. The smallest absolute Gasteiger partial charge is 0.357 e. The largest absolute Gasteiger partial charge is 0.464 e. The van der Waals surface area contributed by atoms with E-state index < -0.39 is 17.7 Å². The first-order chi connectivity index (χ1) is 10.9. The van der Waals surface area contributed by atoms with E-state index in [9.17, 15) is 14.0 Å². The SMILES string of the molecule is COC(=O)c1csc(CN(C(=O)c2ccccc2F)C(C)C)n1. The summed E-state index contributed by atoms with van der Waals surface area (Å²) in [6.45, 7) is 3.88. The third-order valence-electron chi connectivity index (χ3n) is 3.24. The van der Waals surface area contributed by atoms with Crippen molar-refractivity contribution in [3.8, 4) is 0 Å². The van der Waals surface area contributed by atoms with Crippen molar-refractivity contribution < 1.29 is 18.7 Å². The van der Waals surface area contributed by atoms with Gasteiger partial charge >= 0.3 is 5.97 Å². The molecule has 0 aliphatic rings. The van der Waals surface area contributed by atoms with Crippen LogP contribution in [0.4, 0.5) is 4.39 Å². The molecule has 0 saturated heterocycles. The van der Waals surface area contributed by atoms with Crippen molar-refractivity contribution in [3.05, 3.63) is 51.7 Å². The highest BCUT2D eigenvalue weighted by atomic mass is 32.1. The molecule has 2 rings (SSSR count). The van der Waals surface area contributed by atoms with E-state index >= 15 is 0 Å². The topological polar surface area (TPSA) is 59.5 Å². The summed E-state index contributed by atoms with van der Waals surface area (Å²) < 4.78 is 18.4. The van der Waals surface area contributed by atoms with Gasteiger partial charge in [0.15, 0.2) is 5.69 Å². The van der Waals surface area contributed by atoms with E-state index in [0.717, 1.165) is 0 Å². The first-order valence-corrected chi connectivity index (χ1v) is 7.90. The third-order valence-corrected chi connectivity index (χ3v) is 4.07. The molecular formula is C16H17FN2O3S. The normalized spacial score (nSPS) is 10.7. The summed E-state index contributed by atoms with van der Waals surface area (Å²) in [4.78, 5) is 29.7. The lowest BCUT2D eigenvalue weighted by molar-refractivity contribution is 0.0594. The van der Waals surface area contributed by atoms with Crippen LogP contribution in [-0.4, -0.2) is 34.9 Å². The number of esters is 1. The van der Waals surface area contributed by atoms with E-state index in [1.54, 1.807) is 11.4 Å². The van der Waals surface area contributed by atoms with E-state index in [4.69, 9.17) is 0 Å². The van der Waals surface area contributed by atoms with Gasteiger partial charge in [-0.25, -0.2) is 14.2 Å². The Morgan fingerprint density at radius 1 is 1.35 bits per heavy atom. The molecule has 1 amide bonds. The van der Waals surface area contributed by atoms with Gasteiger partial charge in [0.2, 0.25) is 0 Å². The number of aromatic nitrogens is 1. The van der Waals surface area contributed by atoms with Crippen molar-refractivity contribution in [2.75, 3.05) is 7.11 Å². The number of ether oxygens (including phenoxy) is 1. The molecule has 122 valence electrons. The minimum absolute atomic E-state index is 0.0194. The van der Waals surface area contributed by atoms with Crippen LogP contribution in [0.1, 0.15) is 39.7 Å². The van der Waals surface area contributed by atoms with Crippen LogP contribution in [0.15, 0.2) is 29.6 Å². The highest BCUT2D eigenvalue weighted by Crippen LogP contribution is 2.18. The van der Waals surface area contributed by atoms with E-state index in [2.05, 4.69) is 9.72 Å². The van der Waals surface area contributed by atoms with Gasteiger partial charge in [-0.1, -0.05) is 12.1 Å². The Morgan fingerprint density at radius 3 is 2.65 bits per heavy atom. The molecule has 1 aromatic heterocycles. The van der Waals surface area contributed by atoms with Crippen molar-refractivity contribution in [1.82, 2.24) is 9.88 Å². The molecule has 0 saturated carbocycles. The molecular weight excluding hydrogens is 319 g/mol. The van der Waals surface area contributed by atoms with Gasteiger partial charge in [-0.2, -0.15) is 0 Å². The van der Waals surface area contributed by atoms with Crippen LogP contribution >= 0.6 is 11.3 Å². The van der Waals surface area contributed by atoms with Gasteiger partial charge in [-0.15, -0.1) is 11.3 Å².